The van der Waals surface area contributed by atoms with Crippen molar-refractivity contribution in [2.75, 3.05) is 39.6 Å². The predicted octanol–water partition coefficient (Wildman–Crippen LogP) is 10.2. The van der Waals surface area contributed by atoms with Gasteiger partial charge in [0.25, 0.3) is 0 Å². The van der Waals surface area contributed by atoms with E-state index in [9.17, 15) is 4.79 Å². The molecule has 0 bridgehead atoms. The Balaban J connectivity index is 2.64. The zero-order valence-electron chi connectivity index (χ0n) is 29.4. The molecule has 0 fully saturated rings. The minimum Gasteiger partial charge on any atom is -0.493 e. The molecular formula is C38H54O8S. The number of rotatable bonds is 22. The van der Waals surface area contributed by atoms with Crippen molar-refractivity contribution in [1.82, 2.24) is 0 Å². The molecule has 3 aromatic rings. The fourth-order valence-corrected chi connectivity index (χ4v) is 8.25. The Morgan fingerprint density at radius 2 is 0.830 bits per heavy atom. The van der Waals surface area contributed by atoms with Gasteiger partial charge >= 0.3 is 5.97 Å². The maximum atomic E-state index is 13.5. The van der Waals surface area contributed by atoms with Crippen LogP contribution in [0.5, 0.6) is 34.5 Å². The van der Waals surface area contributed by atoms with Crippen LogP contribution in [-0.2, 0) is 8.98 Å². The first kappa shape index (κ1) is 37.7. The van der Waals surface area contributed by atoms with Gasteiger partial charge in [-0.25, -0.2) is 0 Å². The summed E-state index contributed by atoms with van der Waals surface area (Å²) >= 11 is 0. The van der Waals surface area contributed by atoms with Crippen molar-refractivity contribution in [3.05, 3.63) is 54.6 Å². The number of hydrogen-bond acceptors (Lipinski definition) is 8. The quantitative estimate of drug-likeness (QED) is 0.104. The number of carbonyl (C=O) groups is 1. The number of ether oxygens (including phenoxy) is 6. The maximum absolute atomic E-state index is 13.5. The Labute approximate surface area is 283 Å². The highest BCUT2D eigenvalue weighted by Crippen LogP contribution is 2.77. The minimum atomic E-state index is -3.01. The number of hydrogen-bond donors (Lipinski definition) is 0. The Bertz CT molecular complexity index is 1240. The molecule has 0 aliphatic heterocycles. The second kappa shape index (κ2) is 19.8. The van der Waals surface area contributed by atoms with E-state index in [0.717, 1.165) is 43.4 Å². The van der Waals surface area contributed by atoms with Crippen LogP contribution in [0.15, 0.2) is 69.3 Å². The van der Waals surface area contributed by atoms with Gasteiger partial charge in [0.15, 0.2) is 0 Å². The molecule has 0 N–H and O–H groups in total. The summed E-state index contributed by atoms with van der Waals surface area (Å²) in [5, 5.41) is 0. The molecule has 0 amide bonds. The largest absolute Gasteiger partial charge is 0.493 e. The Hall–Kier alpha value is -3.72. The summed E-state index contributed by atoms with van der Waals surface area (Å²) in [4.78, 5) is 15.5. The molecule has 0 unspecified atom stereocenters. The normalized spacial score (nSPS) is 11.5. The molecule has 0 atom stereocenters. The molecule has 0 aliphatic carbocycles. The van der Waals surface area contributed by atoms with Gasteiger partial charge in [-0.3, -0.25) is 4.79 Å². The van der Waals surface area contributed by atoms with Crippen LogP contribution < -0.4 is 28.4 Å². The number of carbonyl (C=O) groups excluding carboxylic acids is 1. The van der Waals surface area contributed by atoms with Gasteiger partial charge in [-0.1, -0.05) is 59.7 Å². The molecule has 8 nitrogen and oxygen atoms in total. The summed E-state index contributed by atoms with van der Waals surface area (Å²) in [6, 6.07) is 17.3. The van der Waals surface area contributed by atoms with Gasteiger partial charge < -0.3 is 32.6 Å². The van der Waals surface area contributed by atoms with E-state index < -0.39 is 16.3 Å². The average Bonchev–Trinajstić information content (AvgIpc) is 3.08. The van der Waals surface area contributed by atoms with Gasteiger partial charge in [0, 0.05) is 46.4 Å². The highest BCUT2D eigenvalue weighted by molar-refractivity contribution is 8.30. The first-order chi connectivity index (χ1) is 22.9. The van der Waals surface area contributed by atoms with Crippen molar-refractivity contribution in [2.24, 2.45) is 0 Å². The van der Waals surface area contributed by atoms with E-state index in [1.165, 1.54) is 6.92 Å². The molecule has 0 radical (unpaired) electrons. The topological polar surface area (TPSA) is 81.7 Å². The van der Waals surface area contributed by atoms with Gasteiger partial charge in [-0.15, -0.1) is 0 Å². The molecule has 9 heteroatoms. The zero-order chi connectivity index (χ0) is 34.1. The molecule has 260 valence electrons. The van der Waals surface area contributed by atoms with Crippen LogP contribution in [0.3, 0.4) is 0 Å². The third kappa shape index (κ3) is 9.89. The predicted molar refractivity (Wildman–Crippen MR) is 188 cm³/mol. The molecular weight excluding hydrogens is 616 g/mol. The molecule has 0 saturated heterocycles. The van der Waals surface area contributed by atoms with Crippen molar-refractivity contribution in [3.8, 4) is 34.5 Å². The molecule has 3 rings (SSSR count). The first-order valence-corrected chi connectivity index (χ1v) is 18.7. The van der Waals surface area contributed by atoms with E-state index in [2.05, 4.69) is 41.5 Å². The third-order valence-corrected chi connectivity index (χ3v) is 10.0. The van der Waals surface area contributed by atoms with Crippen LogP contribution in [0.25, 0.3) is 0 Å². The van der Waals surface area contributed by atoms with Crippen molar-refractivity contribution in [1.29, 1.82) is 0 Å². The summed E-state index contributed by atoms with van der Waals surface area (Å²) in [5.41, 5.74) is 0. The van der Waals surface area contributed by atoms with Crippen LogP contribution in [-0.4, -0.2) is 45.6 Å². The molecule has 3 aromatic carbocycles. The van der Waals surface area contributed by atoms with Crippen LogP contribution >= 0.6 is 10.3 Å². The summed E-state index contributed by atoms with van der Waals surface area (Å²) < 4.78 is 45.2. The van der Waals surface area contributed by atoms with Gasteiger partial charge in [0.1, 0.15) is 44.3 Å². The Morgan fingerprint density at radius 3 is 1.13 bits per heavy atom. The lowest BCUT2D eigenvalue weighted by Crippen LogP contribution is -2.17. The molecule has 0 aliphatic rings. The van der Waals surface area contributed by atoms with Crippen LogP contribution in [0, 0.1) is 0 Å². The highest BCUT2D eigenvalue weighted by atomic mass is 32.3. The van der Waals surface area contributed by atoms with Crippen molar-refractivity contribution in [3.63, 3.8) is 0 Å². The lowest BCUT2D eigenvalue weighted by atomic mass is 10.3. The Kier molecular flexibility index (Phi) is 15.9. The van der Waals surface area contributed by atoms with Crippen LogP contribution in [0.1, 0.15) is 87.0 Å². The summed E-state index contributed by atoms with van der Waals surface area (Å²) in [6.45, 7) is 16.6. The summed E-state index contributed by atoms with van der Waals surface area (Å²) in [6.07, 6.45) is 4.76. The molecule has 0 aromatic heterocycles. The third-order valence-electron chi connectivity index (χ3n) is 6.67. The summed E-state index contributed by atoms with van der Waals surface area (Å²) in [7, 11) is -3.01. The van der Waals surface area contributed by atoms with E-state index in [1.54, 1.807) is 0 Å². The molecule has 0 heterocycles. The highest BCUT2D eigenvalue weighted by Gasteiger charge is 2.45. The van der Waals surface area contributed by atoms with Gasteiger partial charge in [0.05, 0.1) is 39.6 Å². The van der Waals surface area contributed by atoms with Crippen molar-refractivity contribution in [2.45, 2.75) is 102 Å². The second-order valence-electron chi connectivity index (χ2n) is 11.0. The van der Waals surface area contributed by atoms with Crippen molar-refractivity contribution >= 4 is 16.3 Å². The monoisotopic (exact) mass is 670 g/mol. The van der Waals surface area contributed by atoms with Gasteiger partial charge in [0.2, 0.25) is 0 Å². The maximum Gasteiger partial charge on any atom is 0.313 e. The lowest BCUT2D eigenvalue weighted by Gasteiger charge is -2.42. The van der Waals surface area contributed by atoms with E-state index in [4.69, 9.17) is 32.6 Å². The van der Waals surface area contributed by atoms with Gasteiger partial charge in [-0.2, -0.15) is 0 Å². The molecule has 47 heavy (non-hydrogen) atoms. The van der Waals surface area contributed by atoms with E-state index in [1.807, 2.05) is 54.6 Å². The minimum absolute atomic E-state index is 0.435. The van der Waals surface area contributed by atoms with Crippen LogP contribution in [0.4, 0.5) is 0 Å². The van der Waals surface area contributed by atoms with E-state index in [-0.39, 0.29) is 0 Å². The SMILES string of the molecule is CCCOc1cc(OCCC)c(S(OC(C)=O)(c2ccccc2)c2c(OCCC)cc(OCCC)cc2OCCC)c(OCCC)c1. The average molecular weight is 671 g/mol. The smallest absolute Gasteiger partial charge is 0.313 e. The zero-order valence-corrected chi connectivity index (χ0v) is 30.2. The number of benzene rings is 3. The molecule has 0 saturated carbocycles. The van der Waals surface area contributed by atoms with Crippen molar-refractivity contribution < 1.29 is 37.4 Å². The fraction of sp³-hybridized carbons (Fsp3) is 0.500. The Morgan fingerprint density at radius 1 is 0.511 bits per heavy atom. The van der Waals surface area contributed by atoms with Gasteiger partial charge in [-0.05, 0) is 50.7 Å². The summed E-state index contributed by atoms with van der Waals surface area (Å²) in [5.74, 6) is 2.83. The molecule has 0 spiro atoms. The lowest BCUT2D eigenvalue weighted by molar-refractivity contribution is -0.131. The standard InChI is InChI=1S/C38H54O8S/c1-8-19-40-30-25-33(42-21-10-3)37(34(26-30)43-22-11-4)47(46-29(7)39,32-17-15-14-16-18-32)38-35(44-23-12-5)27-31(41-20-9-2)28-36(38)45-24-13-6/h14-18,25-28H,8-13,19-24H2,1-7H3. The van der Waals surface area contributed by atoms with Crippen LogP contribution in [0.2, 0.25) is 0 Å². The second-order valence-corrected chi connectivity index (χ2v) is 13.6. The van der Waals surface area contributed by atoms with E-state index >= 15 is 0 Å². The fourth-order valence-electron chi connectivity index (χ4n) is 4.81. The van der Waals surface area contributed by atoms with E-state index in [0.29, 0.717) is 83.9 Å². The first-order valence-electron chi connectivity index (χ1n) is 17.1.